The van der Waals surface area contributed by atoms with Crippen molar-refractivity contribution < 1.29 is 18.5 Å². The molecule has 0 radical (unpaired) electrons. The van der Waals surface area contributed by atoms with Gasteiger partial charge in [0.25, 0.3) is 5.91 Å². The molecule has 0 saturated carbocycles. The minimum atomic E-state index is -0.300. The predicted octanol–water partition coefficient (Wildman–Crippen LogP) is 4.41. The Morgan fingerprint density at radius 3 is 2.86 bits per heavy atom. The van der Waals surface area contributed by atoms with Crippen LogP contribution in [0.15, 0.2) is 57.7 Å². The highest BCUT2D eigenvalue weighted by Crippen LogP contribution is 2.26. The van der Waals surface area contributed by atoms with Gasteiger partial charge in [-0.25, -0.2) is 4.98 Å². The first kappa shape index (κ1) is 23.5. The Balaban J connectivity index is 1.21. The summed E-state index contributed by atoms with van der Waals surface area (Å²) in [6.45, 7) is 2.01. The van der Waals surface area contributed by atoms with Crippen LogP contribution in [0.2, 0.25) is 0 Å². The molecule has 0 unspecified atom stereocenters. The molecule has 2 amide bonds. The minimum absolute atomic E-state index is 0.0856. The SMILES string of the molecule is Cc1oc(-c2cccc(NC(=O)CCc3cccnc3)c2)nc1CNC(=O)c1onc2c1CCCC2. The largest absolute Gasteiger partial charge is 0.441 e. The number of fused-ring (bicyclic) bond motifs is 1. The summed E-state index contributed by atoms with van der Waals surface area (Å²) in [6, 6.07) is 11.1. The van der Waals surface area contributed by atoms with E-state index in [1.165, 1.54) is 0 Å². The number of hydrogen-bond donors (Lipinski definition) is 2. The van der Waals surface area contributed by atoms with Gasteiger partial charge in [0.2, 0.25) is 17.6 Å². The van der Waals surface area contributed by atoms with E-state index >= 15 is 0 Å². The molecule has 0 aliphatic heterocycles. The van der Waals surface area contributed by atoms with E-state index in [0.29, 0.717) is 35.9 Å². The second-order valence-electron chi connectivity index (χ2n) is 8.84. The zero-order valence-electron chi connectivity index (χ0n) is 20.0. The molecule has 1 aliphatic rings. The Morgan fingerprint density at radius 2 is 2.00 bits per heavy atom. The number of carbonyl (C=O) groups excluding carboxylic acids is 2. The summed E-state index contributed by atoms with van der Waals surface area (Å²) < 4.78 is 11.2. The van der Waals surface area contributed by atoms with E-state index in [2.05, 4.69) is 25.8 Å². The number of aromatic nitrogens is 3. The van der Waals surface area contributed by atoms with Gasteiger partial charge in [0.05, 0.1) is 12.2 Å². The zero-order chi connectivity index (χ0) is 24.9. The van der Waals surface area contributed by atoms with Crippen LogP contribution in [-0.4, -0.2) is 26.9 Å². The second-order valence-corrected chi connectivity index (χ2v) is 8.84. The van der Waals surface area contributed by atoms with Crippen LogP contribution in [0, 0.1) is 6.92 Å². The molecule has 36 heavy (non-hydrogen) atoms. The molecule has 9 nitrogen and oxygen atoms in total. The van der Waals surface area contributed by atoms with Gasteiger partial charge in [-0.2, -0.15) is 0 Å². The Hall–Kier alpha value is -4.27. The maximum atomic E-state index is 12.7. The standard InChI is InChI=1S/C27H27N5O4/c1-17-23(16-29-26(34)25-21-9-2-3-10-22(21)32-36-25)31-27(35-17)19-7-4-8-20(14-19)30-24(33)12-11-18-6-5-13-28-15-18/h4-8,13-15H,2-3,9-12,16H2,1H3,(H,29,34)(H,30,33). The number of hydrogen-bond acceptors (Lipinski definition) is 7. The molecule has 0 saturated heterocycles. The van der Waals surface area contributed by atoms with Crippen molar-refractivity contribution in [3.8, 4) is 11.5 Å². The Kier molecular flexibility index (Phi) is 6.88. The van der Waals surface area contributed by atoms with E-state index in [1.54, 1.807) is 19.3 Å². The van der Waals surface area contributed by atoms with Crippen LogP contribution in [0.1, 0.15) is 58.1 Å². The van der Waals surface area contributed by atoms with E-state index in [4.69, 9.17) is 8.94 Å². The lowest BCUT2D eigenvalue weighted by atomic mass is 9.96. The summed E-state index contributed by atoms with van der Waals surface area (Å²) >= 11 is 0. The number of anilines is 1. The summed E-state index contributed by atoms with van der Waals surface area (Å²) in [6.07, 6.45) is 8.20. The third-order valence-electron chi connectivity index (χ3n) is 6.23. The van der Waals surface area contributed by atoms with Gasteiger partial charge in [0.1, 0.15) is 11.5 Å². The van der Waals surface area contributed by atoms with Crippen LogP contribution in [0.25, 0.3) is 11.5 Å². The highest BCUT2D eigenvalue weighted by Gasteiger charge is 2.24. The van der Waals surface area contributed by atoms with Crippen molar-refractivity contribution in [2.24, 2.45) is 0 Å². The van der Waals surface area contributed by atoms with Gasteiger partial charge in [0.15, 0.2) is 0 Å². The molecule has 9 heteroatoms. The van der Waals surface area contributed by atoms with Gasteiger partial charge >= 0.3 is 0 Å². The van der Waals surface area contributed by atoms with Crippen molar-refractivity contribution in [1.82, 2.24) is 20.4 Å². The number of aryl methyl sites for hydroxylation is 3. The lowest BCUT2D eigenvalue weighted by Gasteiger charge is -2.09. The van der Waals surface area contributed by atoms with Gasteiger partial charge in [-0.15, -0.1) is 0 Å². The van der Waals surface area contributed by atoms with Crippen molar-refractivity contribution in [2.75, 3.05) is 5.32 Å². The van der Waals surface area contributed by atoms with E-state index in [-0.39, 0.29) is 24.1 Å². The summed E-state index contributed by atoms with van der Waals surface area (Å²) in [5, 5.41) is 9.83. The van der Waals surface area contributed by atoms with E-state index < -0.39 is 0 Å². The van der Waals surface area contributed by atoms with E-state index in [1.807, 2.05) is 36.4 Å². The molecule has 1 aliphatic carbocycles. The van der Waals surface area contributed by atoms with Gasteiger partial charge in [0, 0.05) is 35.6 Å². The van der Waals surface area contributed by atoms with Crippen LogP contribution in [0.3, 0.4) is 0 Å². The third-order valence-corrected chi connectivity index (χ3v) is 6.23. The quantitative estimate of drug-likeness (QED) is 0.379. The molecular formula is C27H27N5O4. The zero-order valence-corrected chi connectivity index (χ0v) is 20.0. The smallest absolute Gasteiger partial charge is 0.290 e. The fourth-order valence-corrected chi connectivity index (χ4v) is 4.29. The molecule has 0 atom stereocenters. The lowest BCUT2D eigenvalue weighted by molar-refractivity contribution is -0.116. The molecule has 0 spiro atoms. The van der Waals surface area contributed by atoms with Crippen molar-refractivity contribution in [3.63, 3.8) is 0 Å². The van der Waals surface area contributed by atoms with Gasteiger partial charge in [-0.1, -0.05) is 17.3 Å². The molecule has 184 valence electrons. The predicted molar refractivity (Wildman–Crippen MR) is 132 cm³/mol. The third kappa shape index (κ3) is 5.35. The number of nitrogens with zero attached hydrogens (tertiary/aromatic N) is 3. The first-order chi connectivity index (χ1) is 17.6. The number of nitrogens with one attached hydrogen (secondary N) is 2. The lowest BCUT2D eigenvalue weighted by Crippen LogP contribution is -2.24. The van der Waals surface area contributed by atoms with Crippen LogP contribution >= 0.6 is 0 Å². The summed E-state index contributed by atoms with van der Waals surface area (Å²) in [5.74, 6) is 0.928. The number of amides is 2. The molecule has 3 heterocycles. The number of pyridine rings is 1. The highest BCUT2D eigenvalue weighted by atomic mass is 16.5. The summed E-state index contributed by atoms with van der Waals surface area (Å²) in [4.78, 5) is 33.7. The number of rotatable bonds is 8. The first-order valence-electron chi connectivity index (χ1n) is 12.1. The molecule has 5 rings (SSSR count). The van der Waals surface area contributed by atoms with Crippen molar-refractivity contribution >= 4 is 17.5 Å². The minimum Gasteiger partial charge on any atom is -0.441 e. The molecule has 4 aromatic rings. The Bertz CT molecular complexity index is 1380. The monoisotopic (exact) mass is 485 g/mol. The van der Waals surface area contributed by atoms with Gasteiger partial charge in [-0.05, 0) is 68.9 Å². The van der Waals surface area contributed by atoms with Crippen LogP contribution in [0.4, 0.5) is 5.69 Å². The average molecular weight is 486 g/mol. The summed E-state index contributed by atoms with van der Waals surface area (Å²) in [7, 11) is 0. The number of oxazole rings is 1. The fraction of sp³-hybridized carbons (Fsp3) is 0.296. The van der Waals surface area contributed by atoms with Crippen molar-refractivity contribution in [2.45, 2.75) is 52.0 Å². The summed E-state index contributed by atoms with van der Waals surface area (Å²) in [5.41, 5.74) is 4.82. The van der Waals surface area contributed by atoms with E-state index in [0.717, 1.165) is 48.1 Å². The number of carbonyl (C=O) groups is 2. The Labute approximate surface area is 208 Å². The maximum absolute atomic E-state index is 12.7. The highest BCUT2D eigenvalue weighted by molar-refractivity contribution is 5.93. The second kappa shape index (κ2) is 10.6. The van der Waals surface area contributed by atoms with Crippen LogP contribution < -0.4 is 10.6 Å². The molecule has 0 bridgehead atoms. The average Bonchev–Trinajstić information content (AvgIpc) is 3.50. The molecule has 1 aromatic carbocycles. The molecule has 3 aromatic heterocycles. The normalized spacial score (nSPS) is 12.7. The van der Waals surface area contributed by atoms with Crippen molar-refractivity contribution in [1.29, 1.82) is 0 Å². The maximum Gasteiger partial charge on any atom is 0.290 e. The first-order valence-corrected chi connectivity index (χ1v) is 12.1. The van der Waals surface area contributed by atoms with Crippen LogP contribution in [0.5, 0.6) is 0 Å². The van der Waals surface area contributed by atoms with E-state index in [9.17, 15) is 9.59 Å². The fourth-order valence-electron chi connectivity index (χ4n) is 4.29. The van der Waals surface area contributed by atoms with Crippen LogP contribution in [-0.2, 0) is 30.6 Å². The molecular weight excluding hydrogens is 458 g/mol. The van der Waals surface area contributed by atoms with Gasteiger partial charge < -0.3 is 19.6 Å². The Morgan fingerprint density at radius 1 is 1.11 bits per heavy atom. The van der Waals surface area contributed by atoms with Gasteiger partial charge in [-0.3, -0.25) is 14.6 Å². The molecule has 0 fully saturated rings. The molecule has 2 N–H and O–H groups in total. The number of benzene rings is 1. The van der Waals surface area contributed by atoms with Crippen molar-refractivity contribution in [3.05, 3.63) is 82.8 Å². The topological polar surface area (TPSA) is 123 Å².